The number of hydrogen-bond acceptors (Lipinski definition) is 1. The zero-order valence-electron chi connectivity index (χ0n) is 10.4. The molecule has 0 amide bonds. The Morgan fingerprint density at radius 3 is 1.90 bits per heavy atom. The third kappa shape index (κ3) is 1.49. The second-order valence-corrected chi connectivity index (χ2v) is 4.93. The molecule has 0 heterocycles. The van der Waals surface area contributed by atoms with Crippen molar-refractivity contribution in [1.29, 1.82) is 0 Å². The van der Waals surface area contributed by atoms with Crippen LogP contribution in [0.25, 0.3) is 11.1 Å². The topological polar surface area (TPSA) is 20.2 Å². The maximum absolute atomic E-state index is 14.1. The molecular weight excluding hydrogens is 272 g/mol. The lowest BCUT2D eigenvalue weighted by Gasteiger charge is -2.35. The molecule has 0 unspecified atom stereocenters. The number of benzene rings is 2. The van der Waals surface area contributed by atoms with Gasteiger partial charge in [0.1, 0.15) is 5.75 Å². The van der Waals surface area contributed by atoms with Gasteiger partial charge in [-0.05, 0) is 36.2 Å². The fraction of sp³-hybridized carbons (Fsp3) is 0.200. The second-order valence-electron chi connectivity index (χ2n) is 4.93. The standard InChI is InChI=1S/C15H10F4O/c1-8-2-4-10-11-5-3-9(20)7-13(11)15(18,19)14(16,17)12(10)6-8/h2-7,20H,1H3. The Kier molecular flexibility index (Phi) is 2.43. The van der Waals surface area contributed by atoms with Gasteiger partial charge >= 0.3 is 11.8 Å². The van der Waals surface area contributed by atoms with Gasteiger partial charge in [0.2, 0.25) is 0 Å². The molecule has 0 radical (unpaired) electrons. The Hall–Kier alpha value is -2.04. The maximum atomic E-state index is 14.1. The van der Waals surface area contributed by atoms with Crippen LogP contribution in [0.2, 0.25) is 0 Å². The van der Waals surface area contributed by atoms with E-state index in [1.54, 1.807) is 13.0 Å². The number of alkyl halides is 4. The number of hydrogen-bond donors (Lipinski definition) is 1. The van der Waals surface area contributed by atoms with Crippen LogP contribution in [0.3, 0.4) is 0 Å². The van der Waals surface area contributed by atoms with E-state index in [1.165, 1.54) is 18.2 Å². The number of phenols is 1. The molecule has 0 spiro atoms. The molecule has 5 heteroatoms. The number of halogens is 4. The summed E-state index contributed by atoms with van der Waals surface area (Å²) in [5, 5.41) is 9.30. The van der Waals surface area contributed by atoms with E-state index in [0.717, 1.165) is 6.07 Å². The smallest absolute Gasteiger partial charge is 0.340 e. The van der Waals surface area contributed by atoms with E-state index in [2.05, 4.69) is 0 Å². The Labute approximate surface area is 112 Å². The van der Waals surface area contributed by atoms with Gasteiger partial charge in [-0.3, -0.25) is 0 Å². The molecule has 1 aliphatic carbocycles. The van der Waals surface area contributed by atoms with Crippen molar-refractivity contribution in [3.05, 3.63) is 53.1 Å². The van der Waals surface area contributed by atoms with E-state index in [9.17, 15) is 22.7 Å². The van der Waals surface area contributed by atoms with E-state index in [0.29, 0.717) is 11.6 Å². The lowest BCUT2D eigenvalue weighted by Crippen LogP contribution is -2.39. The first-order valence-electron chi connectivity index (χ1n) is 5.96. The first-order chi connectivity index (χ1) is 9.25. The molecule has 0 fully saturated rings. The highest BCUT2D eigenvalue weighted by molar-refractivity contribution is 5.76. The molecule has 0 atom stereocenters. The van der Waals surface area contributed by atoms with Crippen LogP contribution in [0.5, 0.6) is 5.75 Å². The molecule has 0 saturated carbocycles. The Morgan fingerprint density at radius 1 is 0.800 bits per heavy atom. The zero-order valence-corrected chi connectivity index (χ0v) is 10.4. The summed E-state index contributed by atoms with van der Waals surface area (Å²) in [7, 11) is 0. The molecule has 1 N–H and O–H groups in total. The summed E-state index contributed by atoms with van der Waals surface area (Å²) in [6.45, 7) is 1.57. The first kappa shape index (κ1) is 13.0. The van der Waals surface area contributed by atoms with Gasteiger partial charge in [-0.15, -0.1) is 0 Å². The number of rotatable bonds is 0. The van der Waals surface area contributed by atoms with Gasteiger partial charge in [-0.2, -0.15) is 17.6 Å². The molecule has 1 nitrogen and oxygen atoms in total. The van der Waals surface area contributed by atoms with E-state index in [-0.39, 0.29) is 11.1 Å². The third-order valence-corrected chi connectivity index (χ3v) is 3.54. The lowest BCUT2D eigenvalue weighted by molar-refractivity contribution is -0.225. The van der Waals surface area contributed by atoms with Crippen LogP contribution >= 0.6 is 0 Å². The van der Waals surface area contributed by atoms with Crippen molar-refractivity contribution in [1.82, 2.24) is 0 Å². The van der Waals surface area contributed by atoms with Crippen molar-refractivity contribution >= 4 is 0 Å². The fourth-order valence-electron chi connectivity index (χ4n) is 2.52. The van der Waals surface area contributed by atoms with Gasteiger partial charge in [0.15, 0.2) is 0 Å². The average Bonchev–Trinajstić information content (AvgIpc) is 2.37. The molecule has 1 aliphatic rings. The van der Waals surface area contributed by atoms with Crippen LogP contribution in [-0.2, 0) is 11.8 Å². The van der Waals surface area contributed by atoms with Crippen molar-refractivity contribution in [2.24, 2.45) is 0 Å². The van der Waals surface area contributed by atoms with Crippen LogP contribution in [0.4, 0.5) is 17.6 Å². The van der Waals surface area contributed by atoms with Crippen LogP contribution < -0.4 is 0 Å². The number of fused-ring (bicyclic) bond motifs is 3. The molecule has 0 bridgehead atoms. The first-order valence-corrected chi connectivity index (χ1v) is 5.96. The summed E-state index contributed by atoms with van der Waals surface area (Å²) in [5.41, 5.74) is -0.948. The molecule has 0 aromatic heterocycles. The summed E-state index contributed by atoms with van der Waals surface area (Å²) in [4.78, 5) is 0. The molecule has 0 aliphatic heterocycles. The highest BCUT2D eigenvalue weighted by Gasteiger charge is 2.62. The number of aromatic hydroxyl groups is 1. The third-order valence-electron chi connectivity index (χ3n) is 3.54. The van der Waals surface area contributed by atoms with E-state index >= 15 is 0 Å². The zero-order chi connectivity index (χ0) is 14.7. The van der Waals surface area contributed by atoms with Gasteiger partial charge in [0.25, 0.3) is 0 Å². The highest BCUT2D eigenvalue weighted by Crippen LogP contribution is 2.58. The van der Waals surface area contributed by atoms with Crippen molar-refractivity contribution in [3.8, 4) is 16.9 Å². The van der Waals surface area contributed by atoms with Crippen molar-refractivity contribution in [2.75, 3.05) is 0 Å². The minimum absolute atomic E-state index is 0.0220. The molecule has 2 aromatic rings. The fourth-order valence-corrected chi connectivity index (χ4v) is 2.52. The molecule has 0 saturated heterocycles. The second kappa shape index (κ2) is 3.75. The lowest BCUT2D eigenvalue weighted by atomic mass is 9.80. The Balaban J connectivity index is 2.43. The van der Waals surface area contributed by atoms with Crippen LogP contribution in [0, 0.1) is 6.92 Å². The van der Waals surface area contributed by atoms with Gasteiger partial charge < -0.3 is 5.11 Å². The Bertz CT molecular complexity index is 646. The molecule has 2 aromatic carbocycles. The quantitative estimate of drug-likeness (QED) is 0.702. The molecule has 104 valence electrons. The van der Waals surface area contributed by atoms with Crippen LogP contribution in [0.1, 0.15) is 16.7 Å². The van der Waals surface area contributed by atoms with E-state index in [4.69, 9.17) is 0 Å². The minimum atomic E-state index is -4.36. The molecule has 3 rings (SSSR count). The monoisotopic (exact) mass is 282 g/mol. The van der Waals surface area contributed by atoms with Gasteiger partial charge in [-0.25, -0.2) is 0 Å². The Morgan fingerprint density at radius 2 is 1.30 bits per heavy atom. The maximum Gasteiger partial charge on any atom is 0.340 e. The van der Waals surface area contributed by atoms with Crippen LogP contribution in [-0.4, -0.2) is 5.11 Å². The summed E-state index contributed by atoms with van der Waals surface area (Å²) < 4.78 is 56.5. The predicted molar refractivity (Wildman–Crippen MR) is 66.1 cm³/mol. The van der Waals surface area contributed by atoms with E-state index < -0.39 is 28.7 Å². The van der Waals surface area contributed by atoms with Gasteiger partial charge in [-0.1, -0.05) is 23.8 Å². The summed E-state index contributed by atoms with van der Waals surface area (Å²) >= 11 is 0. The SMILES string of the molecule is Cc1ccc2c(c1)C(F)(F)C(F)(F)c1cc(O)ccc1-2. The van der Waals surface area contributed by atoms with Crippen LogP contribution in [0.15, 0.2) is 36.4 Å². The number of aryl methyl sites for hydroxylation is 1. The summed E-state index contributed by atoms with van der Waals surface area (Å²) in [6, 6.07) is 7.23. The van der Waals surface area contributed by atoms with Crippen molar-refractivity contribution in [3.63, 3.8) is 0 Å². The normalized spacial score (nSPS) is 18.2. The highest BCUT2D eigenvalue weighted by atomic mass is 19.3. The number of phenolic OH excluding ortho intramolecular Hbond substituents is 1. The summed E-state index contributed by atoms with van der Waals surface area (Å²) in [6.07, 6.45) is 0. The summed E-state index contributed by atoms with van der Waals surface area (Å²) in [5.74, 6) is -9.13. The minimum Gasteiger partial charge on any atom is -0.508 e. The predicted octanol–water partition coefficient (Wildman–Crippen LogP) is 4.56. The largest absolute Gasteiger partial charge is 0.508 e. The average molecular weight is 282 g/mol. The van der Waals surface area contributed by atoms with Gasteiger partial charge in [0.05, 0.1) is 0 Å². The molecular formula is C15H10F4O. The van der Waals surface area contributed by atoms with E-state index in [1.807, 2.05) is 0 Å². The van der Waals surface area contributed by atoms with Gasteiger partial charge in [0, 0.05) is 11.1 Å². The van der Waals surface area contributed by atoms with Crippen molar-refractivity contribution in [2.45, 2.75) is 18.8 Å². The van der Waals surface area contributed by atoms with Crippen molar-refractivity contribution < 1.29 is 22.7 Å². The molecule has 20 heavy (non-hydrogen) atoms.